The normalized spacial score (nSPS) is 11.4. The van der Waals surface area contributed by atoms with E-state index in [9.17, 15) is 14.4 Å². The topological polar surface area (TPSA) is 145 Å². The van der Waals surface area contributed by atoms with E-state index in [4.69, 9.17) is 21.3 Å². The first-order valence-electron chi connectivity index (χ1n) is 5.67. The molecule has 0 spiro atoms. The average Bonchev–Trinajstić information content (AvgIpc) is 2.42. The van der Waals surface area contributed by atoms with E-state index in [0.717, 1.165) is 0 Å². The van der Waals surface area contributed by atoms with Gasteiger partial charge in [-0.15, -0.1) is 0 Å². The highest BCUT2D eigenvalue weighted by Crippen LogP contribution is 2.16. The minimum atomic E-state index is -1.46. The first-order chi connectivity index (χ1) is 9.41. The van der Waals surface area contributed by atoms with Gasteiger partial charge < -0.3 is 26.6 Å². The van der Waals surface area contributed by atoms with Crippen molar-refractivity contribution in [1.29, 1.82) is 0 Å². The van der Waals surface area contributed by atoms with Crippen molar-refractivity contribution in [2.45, 2.75) is 6.10 Å². The van der Waals surface area contributed by atoms with Crippen molar-refractivity contribution in [2.24, 2.45) is 11.5 Å². The Labute approximate surface area is 114 Å². The highest BCUT2D eigenvalue weighted by Gasteiger charge is 2.13. The van der Waals surface area contributed by atoms with E-state index < -0.39 is 30.4 Å². The van der Waals surface area contributed by atoms with Gasteiger partial charge in [0.1, 0.15) is 11.9 Å². The molecule has 0 aliphatic heterocycles. The van der Waals surface area contributed by atoms with Crippen molar-refractivity contribution in [3.63, 3.8) is 0 Å². The number of nitrogens with one attached hydrogen (secondary N) is 1. The summed E-state index contributed by atoms with van der Waals surface area (Å²) in [6.07, 6.45) is -1.46. The van der Waals surface area contributed by atoms with Crippen molar-refractivity contribution in [3.05, 3.63) is 29.8 Å². The fraction of sp³-hybridized carbons (Fsp3) is 0.250. The standard InChI is InChI=1S/C12H15N3O5/c13-11(18)7-3-1-2-4-9(7)20-6-10(17)15-5-8(16)12(14)19/h1-4,8,16H,5-6H2,(H2,13,18)(H2,14,19)(H,15,17). The number of ether oxygens (including phenoxy) is 1. The van der Waals surface area contributed by atoms with Crippen LogP contribution in [0.2, 0.25) is 0 Å². The lowest BCUT2D eigenvalue weighted by Gasteiger charge is -2.11. The summed E-state index contributed by atoms with van der Waals surface area (Å²) in [7, 11) is 0. The first-order valence-corrected chi connectivity index (χ1v) is 5.67. The number of benzene rings is 1. The molecule has 8 heteroatoms. The third kappa shape index (κ3) is 4.58. The van der Waals surface area contributed by atoms with Crippen molar-refractivity contribution >= 4 is 17.7 Å². The van der Waals surface area contributed by atoms with Crippen LogP contribution >= 0.6 is 0 Å². The molecular formula is C12H15N3O5. The fourth-order valence-electron chi connectivity index (χ4n) is 1.30. The Morgan fingerprint density at radius 3 is 2.50 bits per heavy atom. The Kier molecular flexibility index (Phi) is 5.48. The minimum Gasteiger partial charge on any atom is -0.483 e. The molecule has 0 fully saturated rings. The van der Waals surface area contributed by atoms with Crippen molar-refractivity contribution in [1.82, 2.24) is 5.32 Å². The Bertz CT molecular complexity index is 518. The maximum Gasteiger partial charge on any atom is 0.258 e. The van der Waals surface area contributed by atoms with Gasteiger partial charge in [-0.1, -0.05) is 12.1 Å². The zero-order valence-electron chi connectivity index (χ0n) is 10.5. The molecule has 20 heavy (non-hydrogen) atoms. The summed E-state index contributed by atoms with van der Waals surface area (Å²) in [5.74, 6) is -2.02. The third-order valence-corrected chi connectivity index (χ3v) is 2.33. The lowest BCUT2D eigenvalue weighted by Crippen LogP contribution is -2.41. The number of hydrogen-bond donors (Lipinski definition) is 4. The van der Waals surface area contributed by atoms with Gasteiger partial charge in [-0.2, -0.15) is 0 Å². The Morgan fingerprint density at radius 2 is 1.90 bits per heavy atom. The lowest BCUT2D eigenvalue weighted by atomic mass is 10.2. The zero-order chi connectivity index (χ0) is 15.1. The highest BCUT2D eigenvalue weighted by atomic mass is 16.5. The number of amides is 3. The van der Waals surface area contributed by atoms with Crippen molar-refractivity contribution in [2.75, 3.05) is 13.2 Å². The number of carbonyl (C=O) groups excluding carboxylic acids is 3. The molecule has 1 aromatic carbocycles. The summed E-state index contributed by atoms with van der Waals surface area (Å²) in [6, 6.07) is 6.19. The van der Waals surface area contributed by atoms with Gasteiger partial charge in [-0.25, -0.2) is 0 Å². The summed E-state index contributed by atoms with van der Waals surface area (Å²) < 4.78 is 5.14. The third-order valence-electron chi connectivity index (χ3n) is 2.33. The van der Waals surface area contributed by atoms with Crippen LogP contribution in [-0.2, 0) is 9.59 Å². The van der Waals surface area contributed by atoms with E-state index in [0.29, 0.717) is 0 Å². The molecule has 0 aliphatic carbocycles. The number of aliphatic hydroxyl groups excluding tert-OH is 1. The van der Waals surface area contributed by atoms with E-state index in [1.807, 2.05) is 0 Å². The highest BCUT2D eigenvalue weighted by molar-refractivity contribution is 5.95. The molecule has 0 radical (unpaired) electrons. The van der Waals surface area contributed by atoms with Gasteiger partial charge >= 0.3 is 0 Å². The second kappa shape index (κ2) is 7.10. The van der Waals surface area contributed by atoms with Crippen LogP contribution in [0.1, 0.15) is 10.4 Å². The molecule has 0 saturated heterocycles. The molecule has 3 amide bonds. The maximum absolute atomic E-state index is 11.4. The van der Waals surface area contributed by atoms with Crippen LogP contribution < -0.4 is 21.5 Å². The molecule has 1 unspecified atom stereocenters. The molecule has 6 N–H and O–H groups in total. The van der Waals surface area contributed by atoms with E-state index in [2.05, 4.69) is 5.32 Å². The number of hydrogen-bond acceptors (Lipinski definition) is 5. The van der Waals surface area contributed by atoms with Gasteiger partial charge in [-0.05, 0) is 12.1 Å². The van der Waals surface area contributed by atoms with Gasteiger partial charge in [-0.3, -0.25) is 14.4 Å². The Balaban J connectivity index is 2.49. The molecule has 1 atom stereocenters. The number of carbonyl (C=O) groups is 3. The van der Waals surface area contributed by atoms with E-state index in [1.165, 1.54) is 12.1 Å². The van der Waals surface area contributed by atoms with Crippen LogP contribution in [0.3, 0.4) is 0 Å². The predicted octanol–water partition coefficient (Wildman–Crippen LogP) is -1.87. The van der Waals surface area contributed by atoms with Crippen molar-refractivity contribution < 1.29 is 24.2 Å². The molecule has 8 nitrogen and oxygen atoms in total. The molecule has 0 heterocycles. The number of aliphatic hydroxyl groups is 1. The molecule has 0 aromatic heterocycles. The van der Waals surface area contributed by atoms with Gasteiger partial charge in [0.15, 0.2) is 6.61 Å². The Hall–Kier alpha value is -2.61. The molecule has 1 aromatic rings. The van der Waals surface area contributed by atoms with Gasteiger partial charge in [0.25, 0.3) is 11.8 Å². The summed E-state index contributed by atoms with van der Waals surface area (Å²) >= 11 is 0. The van der Waals surface area contributed by atoms with Gasteiger partial charge in [0.05, 0.1) is 12.1 Å². The van der Waals surface area contributed by atoms with E-state index in [1.54, 1.807) is 12.1 Å². The molecule has 0 bridgehead atoms. The minimum absolute atomic E-state index is 0.150. The second-order valence-corrected chi connectivity index (χ2v) is 3.87. The van der Waals surface area contributed by atoms with Gasteiger partial charge in [0.2, 0.25) is 5.91 Å². The first kappa shape index (κ1) is 15.4. The summed E-state index contributed by atoms with van der Waals surface area (Å²) in [5, 5.41) is 11.3. The van der Waals surface area contributed by atoms with Crippen LogP contribution in [0.15, 0.2) is 24.3 Å². The molecule has 0 aliphatic rings. The largest absolute Gasteiger partial charge is 0.483 e. The van der Waals surface area contributed by atoms with Crippen molar-refractivity contribution in [3.8, 4) is 5.75 Å². The monoisotopic (exact) mass is 281 g/mol. The van der Waals surface area contributed by atoms with Crippen LogP contribution in [-0.4, -0.2) is 42.1 Å². The van der Waals surface area contributed by atoms with E-state index >= 15 is 0 Å². The van der Waals surface area contributed by atoms with E-state index in [-0.39, 0.29) is 17.9 Å². The van der Waals surface area contributed by atoms with Crippen LogP contribution in [0, 0.1) is 0 Å². The number of primary amides is 2. The second-order valence-electron chi connectivity index (χ2n) is 3.87. The molecule has 0 saturated carbocycles. The van der Waals surface area contributed by atoms with Crippen LogP contribution in [0.5, 0.6) is 5.75 Å². The number of nitrogens with two attached hydrogens (primary N) is 2. The maximum atomic E-state index is 11.4. The lowest BCUT2D eigenvalue weighted by molar-refractivity contribution is -0.127. The predicted molar refractivity (Wildman–Crippen MR) is 68.7 cm³/mol. The smallest absolute Gasteiger partial charge is 0.258 e. The quantitative estimate of drug-likeness (QED) is 0.462. The SMILES string of the molecule is NC(=O)c1ccccc1OCC(=O)NCC(O)C(N)=O. The van der Waals surface area contributed by atoms with Crippen LogP contribution in [0.4, 0.5) is 0 Å². The molecular weight excluding hydrogens is 266 g/mol. The van der Waals surface area contributed by atoms with Crippen LogP contribution in [0.25, 0.3) is 0 Å². The number of rotatable bonds is 7. The molecule has 1 rings (SSSR count). The molecule has 108 valence electrons. The average molecular weight is 281 g/mol. The Morgan fingerprint density at radius 1 is 1.25 bits per heavy atom. The van der Waals surface area contributed by atoms with Gasteiger partial charge in [0, 0.05) is 0 Å². The fourth-order valence-corrected chi connectivity index (χ4v) is 1.30. The summed E-state index contributed by atoms with van der Waals surface area (Å²) in [4.78, 5) is 33.1. The zero-order valence-corrected chi connectivity index (χ0v) is 10.5. The number of para-hydroxylation sites is 1. The summed E-state index contributed by atoms with van der Waals surface area (Å²) in [5.41, 5.74) is 10.1. The summed E-state index contributed by atoms with van der Waals surface area (Å²) in [6.45, 7) is -0.704.